The summed E-state index contributed by atoms with van der Waals surface area (Å²) in [5.74, 6) is 0.292. The molecule has 118 valence electrons. The lowest BCUT2D eigenvalue weighted by atomic mass is 10.3. The Morgan fingerprint density at radius 3 is 2.68 bits per heavy atom. The molecular formula is C17H20FNO2S. The first-order chi connectivity index (χ1) is 10.7. The maximum absolute atomic E-state index is 12.8. The summed E-state index contributed by atoms with van der Waals surface area (Å²) in [4.78, 5) is 3.64. The Hall–Kier alpha value is -1.43. The van der Waals surface area contributed by atoms with Crippen molar-refractivity contribution in [1.82, 2.24) is 4.90 Å². The van der Waals surface area contributed by atoms with Crippen molar-refractivity contribution in [2.24, 2.45) is 0 Å². The van der Waals surface area contributed by atoms with Gasteiger partial charge in [-0.15, -0.1) is 11.3 Å². The average molecular weight is 321 g/mol. The summed E-state index contributed by atoms with van der Waals surface area (Å²) in [5, 5.41) is 12.3. The van der Waals surface area contributed by atoms with Crippen LogP contribution in [0, 0.1) is 5.82 Å². The fourth-order valence-corrected chi connectivity index (χ4v) is 3.16. The van der Waals surface area contributed by atoms with Gasteiger partial charge in [0.1, 0.15) is 24.3 Å². The molecule has 0 spiro atoms. The summed E-state index contributed by atoms with van der Waals surface area (Å²) < 4.78 is 18.3. The van der Waals surface area contributed by atoms with E-state index in [1.54, 1.807) is 23.5 Å². The molecule has 5 heteroatoms. The number of halogens is 1. The van der Waals surface area contributed by atoms with Gasteiger partial charge < -0.3 is 9.84 Å². The van der Waals surface area contributed by atoms with Crippen molar-refractivity contribution in [3.05, 3.63) is 52.5 Å². The lowest BCUT2D eigenvalue weighted by molar-refractivity contribution is 0.0630. The maximum Gasteiger partial charge on any atom is 0.123 e. The second kappa shape index (κ2) is 7.22. The standard InChI is InChI=1S/C17H20FNO2S/c18-13-3-7-16(8-4-13)21-12-15(20)10-19(14-5-6-14)11-17-2-1-9-22-17/h1-4,7-9,14-15,20H,5-6,10-12H2. The van der Waals surface area contributed by atoms with Crippen LogP contribution in [0.5, 0.6) is 5.75 Å². The van der Waals surface area contributed by atoms with E-state index in [-0.39, 0.29) is 12.4 Å². The highest BCUT2D eigenvalue weighted by Gasteiger charge is 2.30. The Labute approximate surface area is 134 Å². The fraction of sp³-hybridized carbons (Fsp3) is 0.412. The molecule has 1 aromatic heterocycles. The molecule has 1 saturated carbocycles. The van der Waals surface area contributed by atoms with Crippen LogP contribution in [0.15, 0.2) is 41.8 Å². The molecule has 1 aromatic carbocycles. The summed E-state index contributed by atoms with van der Waals surface area (Å²) in [6.07, 6.45) is 1.86. The van der Waals surface area contributed by atoms with E-state index in [4.69, 9.17) is 4.74 Å². The van der Waals surface area contributed by atoms with E-state index in [0.29, 0.717) is 18.3 Å². The van der Waals surface area contributed by atoms with Gasteiger partial charge >= 0.3 is 0 Å². The lowest BCUT2D eigenvalue weighted by Gasteiger charge is -2.24. The molecule has 1 fully saturated rings. The van der Waals surface area contributed by atoms with E-state index in [1.165, 1.54) is 29.9 Å². The molecule has 0 bridgehead atoms. The number of hydrogen-bond acceptors (Lipinski definition) is 4. The minimum atomic E-state index is -0.550. The quantitative estimate of drug-likeness (QED) is 0.810. The van der Waals surface area contributed by atoms with Crippen molar-refractivity contribution in [2.45, 2.75) is 31.5 Å². The topological polar surface area (TPSA) is 32.7 Å². The molecule has 0 radical (unpaired) electrons. The van der Waals surface area contributed by atoms with Gasteiger partial charge in [-0.2, -0.15) is 0 Å². The Morgan fingerprint density at radius 1 is 1.27 bits per heavy atom. The minimum Gasteiger partial charge on any atom is -0.491 e. The molecule has 22 heavy (non-hydrogen) atoms. The average Bonchev–Trinajstić information content (AvgIpc) is 3.24. The Balaban J connectivity index is 1.48. The van der Waals surface area contributed by atoms with Gasteiger partial charge in [-0.3, -0.25) is 4.90 Å². The van der Waals surface area contributed by atoms with E-state index in [9.17, 15) is 9.50 Å². The van der Waals surface area contributed by atoms with Crippen molar-refractivity contribution in [2.75, 3.05) is 13.2 Å². The van der Waals surface area contributed by atoms with Crippen molar-refractivity contribution in [3.63, 3.8) is 0 Å². The SMILES string of the molecule is OC(COc1ccc(F)cc1)CN(Cc1cccs1)C1CC1. The third-order valence-electron chi connectivity index (χ3n) is 3.70. The van der Waals surface area contributed by atoms with Crippen LogP contribution >= 0.6 is 11.3 Å². The van der Waals surface area contributed by atoms with Gasteiger partial charge in [-0.1, -0.05) is 6.07 Å². The number of benzene rings is 1. The fourth-order valence-electron chi connectivity index (χ4n) is 2.43. The molecule has 1 aliphatic carbocycles. The summed E-state index contributed by atoms with van der Waals surface area (Å²) >= 11 is 1.75. The lowest BCUT2D eigenvalue weighted by Crippen LogP contribution is -2.36. The predicted molar refractivity (Wildman–Crippen MR) is 85.7 cm³/mol. The van der Waals surface area contributed by atoms with Crippen LogP contribution in [0.3, 0.4) is 0 Å². The predicted octanol–water partition coefficient (Wildman–Crippen LogP) is 3.29. The van der Waals surface area contributed by atoms with Crippen molar-refractivity contribution < 1.29 is 14.2 Å². The van der Waals surface area contributed by atoms with Crippen LogP contribution < -0.4 is 4.74 Å². The third kappa shape index (κ3) is 4.53. The smallest absolute Gasteiger partial charge is 0.123 e. The first kappa shape index (κ1) is 15.5. The summed E-state index contributed by atoms with van der Waals surface area (Å²) in [6, 6.07) is 10.6. The molecule has 1 atom stereocenters. The first-order valence-corrected chi connectivity index (χ1v) is 8.41. The van der Waals surface area contributed by atoms with E-state index < -0.39 is 6.10 Å². The maximum atomic E-state index is 12.8. The zero-order valence-electron chi connectivity index (χ0n) is 12.3. The van der Waals surface area contributed by atoms with Gasteiger partial charge in [0.25, 0.3) is 0 Å². The number of hydrogen-bond donors (Lipinski definition) is 1. The second-order valence-electron chi connectivity index (χ2n) is 5.66. The van der Waals surface area contributed by atoms with Gasteiger partial charge in [0.15, 0.2) is 0 Å². The van der Waals surface area contributed by atoms with Gasteiger partial charge in [0.2, 0.25) is 0 Å². The molecule has 0 amide bonds. The molecule has 3 nitrogen and oxygen atoms in total. The number of thiophene rings is 1. The number of ether oxygens (including phenoxy) is 1. The van der Waals surface area contributed by atoms with Crippen LogP contribution in [0.1, 0.15) is 17.7 Å². The summed E-state index contributed by atoms with van der Waals surface area (Å²) in [6.45, 7) is 1.71. The van der Waals surface area contributed by atoms with Crippen LogP contribution in [0.25, 0.3) is 0 Å². The highest BCUT2D eigenvalue weighted by molar-refractivity contribution is 7.09. The summed E-state index contributed by atoms with van der Waals surface area (Å²) in [5.41, 5.74) is 0. The van der Waals surface area contributed by atoms with Crippen molar-refractivity contribution in [3.8, 4) is 5.75 Å². The zero-order chi connectivity index (χ0) is 15.4. The van der Waals surface area contributed by atoms with Crippen LogP contribution in [-0.2, 0) is 6.54 Å². The van der Waals surface area contributed by atoms with Crippen LogP contribution in [-0.4, -0.2) is 35.3 Å². The van der Waals surface area contributed by atoms with Gasteiger partial charge in [-0.25, -0.2) is 4.39 Å². The largest absolute Gasteiger partial charge is 0.491 e. The van der Waals surface area contributed by atoms with Gasteiger partial charge in [-0.05, 0) is 48.6 Å². The number of aliphatic hydroxyl groups excluding tert-OH is 1. The molecule has 0 saturated heterocycles. The zero-order valence-corrected chi connectivity index (χ0v) is 13.1. The van der Waals surface area contributed by atoms with E-state index >= 15 is 0 Å². The minimum absolute atomic E-state index is 0.222. The highest BCUT2D eigenvalue weighted by Crippen LogP contribution is 2.29. The van der Waals surface area contributed by atoms with Gasteiger partial charge in [0.05, 0.1) is 0 Å². The Morgan fingerprint density at radius 2 is 2.05 bits per heavy atom. The Kier molecular flexibility index (Phi) is 5.08. The molecule has 2 aromatic rings. The second-order valence-corrected chi connectivity index (χ2v) is 6.69. The first-order valence-electron chi connectivity index (χ1n) is 7.53. The highest BCUT2D eigenvalue weighted by atomic mass is 32.1. The van der Waals surface area contributed by atoms with E-state index in [1.807, 2.05) is 0 Å². The molecule has 3 rings (SSSR count). The van der Waals surface area contributed by atoms with Crippen molar-refractivity contribution >= 4 is 11.3 Å². The monoisotopic (exact) mass is 321 g/mol. The molecule has 0 aliphatic heterocycles. The van der Waals surface area contributed by atoms with E-state index in [2.05, 4.69) is 22.4 Å². The van der Waals surface area contributed by atoms with E-state index in [0.717, 1.165) is 6.54 Å². The van der Waals surface area contributed by atoms with Crippen molar-refractivity contribution in [1.29, 1.82) is 0 Å². The number of nitrogens with zero attached hydrogens (tertiary/aromatic N) is 1. The number of rotatable bonds is 8. The normalized spacial score (nSPS) is 16.0. The third-order valence-corrected chi connectivity index (χ3v) is 4.56. The Bertz CT molecular complexity index is 569. The molecule has 1 heterocycles. The molecule has 1 unspecified atom stereocenters. The van der Waals surface area contributed by atoms with Gasteiger partial charge in [0, 0.05) is 24.0 Å². The van der Waals surface area contributed by atoms with Crippen LogP contribution in [0.4, 0.5) is 4.39 Å². The summed E-state index contributed by atoms with van der Waals surface area (Å²) in [7, 11) is 0. The molecular weight excluding hydrogens is 301 g/mol. The molecule has 1 aliphatic rings. The van der Waals surface area contributed by atoms with Crippen LogP contribution in [0.2, 0.25) is 0 Å². The number of aliphatic hydroxyl groups is 1. The molecule has 1 N–H and O–H groups in total.